The van der Waals surface area contributed by atoms with Gasteiger partial charge in [-0.15, -0.1) is 0 Å². The molecule has 0 aliphatic rings. The number of aromatic nitrogens is 1. The Morgan fingerprint density at radius 1 is 1.39 bits per heavy atom. The molecule has 0 bridgehead atoms. The average molecular weight is 453 g/mol. The molecule has 1 heterocycles. The molecule has 28 heavy (non-hydrogen) atoms. The summed E-state index contributed by atoms with van der Waals surface area (Å²) in [6.45, 7) is 1.92. The van der Waals surface area contributed by atoms with Gasteiger partial charge >= 0.3 is 11.7 Å². The number of methoxy groups -OCH3 is 1. The second-order valence-corrected chi connectivity index (χ2v) is 5.97. The number of nitrogens with one attached hydrogen (secondary N) is 1. The summed E-state index contributed by atoms with van der Waals surface area (Å²) in [5.41, 5.74) is 2.96. The Labute approximate surface area is 168 Å². The van der Waals surface area contributed by atoms with Crippen molar-refractivity contribution in [2.24, 2.45) is 5.10 Å². The van der Waals surface area contributed by atoms with Crippen LogP contribution in [0, 0.1) is 10.1 Å². The van der Waals surface area contributed by atoms with Crippen molar-refractivity contribution < 1.29 is 23.9 Å². The number of hydrogen-bond acceptors (Lipinski definition) is 9. The zero-order valence-electron chi connectivity index (χ0n) is 15.0. The van der Waals surface area contributed by atoms with Gasteiger partial charge in [0.15, 0.2) is 18.1 Å². The summed E-state index contributed by atoms with van der Waals surface area (Å²) in [5, 5.41) is 15.0. The van der Waals surface area contributed by atoms with E-state index < -0.39 is 10.9 Å². The molecule has 2 aromatic rings. The lowest BCUT2D eigenvalue weighted by Gasteiger charge is -2.13. The van der Waals surface area contributed by atoms with E-state index in [0.717, 1.165) is 0 Å². The zero-order chi connectivity index (χ0) is 20.5. The molecule has 0 unspecified atom stereocenters. The summed E-state index contributed by atoms with van der Waals surface area (Å²) in [6.07, 6.45) is 2.86. The highest BCUT2D eigenvalue weighted by Crippen LogP contribution is 2.33. The van der Waals surface area contributed by atoms with Crippen LogP contribution < -0.4 is 14.9 Å². The van der Waals surface area contributed by atoms with E-state index >= 15 is 0 Å². The molecule has 0 saturated carbocycles. The molecule has 0 amide bonds. The summed E-state index contributed by atoms with van der Waals surface area (Å²) in [4.78, 5) is 25.6. The normalized spacial score (nSPS) is 10.5. The molecule has 10 nitrogen and oxygen atoms in total. The van der Waals surface area contributed by atoms with Gasteiger partial charge in [-0.05, 0) is 41.1 Å². The van der Waals surface area contributed by atoms with Gasteiger partial charge < -0.3 is 14.2 Å². The smallest absolute Gasteiger partial charge is 0.343 e. The summed E-state index contributed by atoms with van der Waals surface area (Å²) in [7, 11) is 1.27. The number of pyridine rings is 1. The fourth-order valence-electron chi connectivity index (χ4n) is 2.02. The van der Waals surface area contributed by atoms with Crippen LogP contribution in [-0.4, -0.2) is 42.4 Å². The van der Waals surface area contributed by atoms with Gasteiger partial charge in [0.05, 0.1) is 24.9 Å². The highest BCUT2D eigenvalue weighted by Gasteiger charge is 2.14. The van der Waals surface area contributed by atoms with Crippen LogP contribution in [0.15, 0.2) is 40.0 Å². The Kier molecular flexibility index (Phi) is 7.69. The average Bonchev–Trinajstić information content (AvgIpc) is 2.69. The van der Waals surface area contributed by atoms with Gasteiger partial charge in [-0.2, -0.15) is 5.10 Å². The maximum absolute atomic E-state index is 11.3. The van der Waals surface area contributed by atoms with Crippen molar-refractivity contribution in [2.45, 2.75) is 6.92 Å². The first kappa shape index (κ1) is 21.1. The molecule has 2 rings (SSSR count). The predicted octanol–water partition coefficient (Wildman–Crippen LogP) is 3.15. The standard InChI is InChI=1S/C17H17BrN4O6/c1-3-27-14-7-11(12(18)8-15(14)28-10-16(23)26-2)9-20-21-17-13(22(24)25)5-4-6-19-17/h4-9H,3,10H2,1-2H3,(H,19,21)/b20-9-. The minimum atomic E-state index is -0.554. The lowest BCUT2D eigenvalue weighted by Crippen LogP contribution is -2.13. The molecule has 1 N–H and O–H groups in total. The minimum Gasteiger partial charge on any atom is -0.490 e. The zero-order valence-corrected chi connectivity index (χ0v) is 16.6. The number of esters is 1. The monoisotopic (exact) mass is 452 g/mol. The first-order chi connectivity index (χ1) is 13.5. The lowest BCUT2D eigenvalue weighted by atomic mass is 10.2. The molecular weight excluding hydrogens is 436 g/mol. The molecule has 0 saturated heterocycles. The fourth-order valence-corrected chi connectivity index (χ4v) is 2.44. The third kappa shape index (κ3) is 5.64. The Bertz CT molecular complexity index is 890. The Hall–Kier alpha value is -3.21. The highest BCUT2D eigenvalue weighted by atomic mass is 79.9. The number of rotatable bonds is 9. The molecule has 0 aliphatic heterocycles. The molecule has 0 aliphatic carbocycles. The highest BCUT2D eigenvalue weighted by molar-refractivity contribution is 9.10. The number of anilines is 1. The number of hydrazone groups is 1. The van der Waals surface area contributed by atoms with Gasteiger partial charge in [-0.25, -0.2) is 9.78 Å². The maximum atomic E-state index is 11.3. The summed E-state index contributed by atoms with van der Waals surface area (Å²) in [5.74, 6) is 0.248. The van der Waals surface area contributed by atoms with Crippen molar-refractivity contribution in [3.63, 3.8) is 0 Å². The van der Waals surface area contributed by atoms with E-state index in [9.17, 15) is 14.9 Å². The number of ether oxygens (including phenoxy) is 3. The Morgan fingerprint density at radius 2 is 2.14 bits per heavy atom. The van der Waals surface area contributed by atoms with Crippen LogP contribution in [0.2, 0.25) is 0 Å². The molecule has 0 atom stereocenters. The first-order valence-electron chi connectivity index (χ1n) is 8.00. The van der Waals surface area contributed by atoms with Crippen molar-refractivity contribution >= 4 is 39.6 Å². The van der Waals surface area contributed by atoms with Crippen LogP contribution in [0.5, 0.6) is 11.5 Å². The molecule has 0 fully saturated rings. The maximum Gasteiger partial charge on any atom is 0.343 e. The van der Waals surface area contributed by atoms with Crippen LogP contribution in [0.25, 0.3) is 0 Å². The fraction of sp³-hybridized carbons (Fsp3) is 0.235. The van der Waals surface area contributed by atoms with Gasteiger partial charge in [0.1, 0.15) is 0 Å². The molecule has 1 aromatic heterocycles. The quantitative estimate of drug-likeness (QED) is 0.266. The van der Waals surface area contributed by atoms with E-state index in [1.54, 1.807) is 12.1 Å². The van der Waals surface area contributed by atoms with E-state index in [-0.39, 0.29) is 18.1 Å². The second kappa shape index (κ2) is 10.2. The topological polar surface area (TPSA) is 125 Å². The van der Waals surface area contributed by atoms with Crippen molar-refractivity contribution in [1.82, 2.24) is 4.98 Å². The third-order valence-electron chi connectivity index (χ3n) is 3.29. The number of carbonyl (C=O) groups excluding carboxylic acids is 1. The minimum absolute atomic E-state index is 0.0166. The number of nitro groups is 1. The van der Waals surface area contributed by atoms with Gasteiger partial charge in [0.25, 0.3) is 0 Å². The number of nitrogens with zero attached hydrogens (tertiary/aromatic N) is 3. The number of halogens is 1. The number of hydrogen-bond donors (Lipinski definition) is 1. The van der Waals surface area contributed by atoms with E-state index in [1.807, 2.05) is 6.92 Å². The van der Waals surface area contributed by atoms with E-state index in [4.69, 9.17) is 9.47 Å². The molecular formula is C17H17BrN4O6. The van der Waals surface area contributed by atoms with Crippen LogP contribution in [0.4, 0.5) is 11.5 Å². The molecule has 0 spiro atoms. The number of benzene rings is 1. The van der Waals surface area contributed by atoms with Crippen LogP contribution >= 0.6 is 15.9 Å². The molecule has 1 aromatic carbocycles. The summed E-state index contributed by atoms with van der Waals surface area (Å²) in [6, 6.07) is 6.06. The van der Waals surface area contributed by atoms with E-state index in [2.05, 4.69) is 36.2 Å². The van der Waals surface area contributed by atoms with E-state index in [0.29, 0.717) is 28.1 Å². The SMILES string of the molecule is CCOc1cc(/C=N\Nc2ncccc2[N+](=O)[O-])c(Br)cc1OCC(=O)OC. The predicted molar refractivity (Wildman–Crippen MR) is 105 cm³/mol. The van der Waals surface area contributed by atoms with E-state index in [1.165, 1.54) is 31.7 Å². The Morgan fingerprint density at radius 3 is 2.82 bits per heavy atom. The van der Waals surface area contributed by atoms with Crippen LogP contribution in [0.3, 0.4) is 0 Å². The van der Waals surface area contributed by atoms with Gasteiger partial charge in [0.2, 0.25) is 5.82 Å². The molecule has 0 radical (unpaired) electrons. The summed E-state index contributed by atoms with van der Waals surface area (Å²) >= 11 is 3.39. The van der Waals surface area contributed by atoms with Gasteiger partial charge in [-0.1, -0.05) is 0 Å². The molecule has 148 valence electrons. The third-order valence-corrected chi connectivity index (χ3v) is 3.98. The van der Waals surface area contributed by atoms with Crippen LogP contribution in [-0.2, 0) is 9.53 Å². The Balaban J connectivity index is 2.21. The summed E-state index contributed by atoms with van der Waals surface area (Å²) < 4.78 is 16.1. The largest absolute Gasteiger partial charge is 0.490 e. The van der Waals surface area contributed by atoms with Crippen molar-refractivity contribution in [3.8, 4) is 11.5 Å². The van der Waals surface area contributed by atoms with Crippen molar-refractivity contribution in [2.75, 3.05) is 25.7 Å². The molecule has 11 heteroatoms. The number of carbonyl (C=O) groups is 1. The van der Waals surface area contributed by atoms with Crippen molar-refractivity contribution in [3.05, 3.63) is 50.6 Å². The van der Waals surface area contributed by atoms with Gasteiger partial charge in [0, 0.05) is 22.3 Å². The lowest BCUT2D eigenvalue weighted by molar-refractivity contribution is -0.384. The second-order valence-electron chi connectivity index (χ2n) is 5.12. The van der Waals surface area contributed by atoms with Crippen LogP contribution in [0.1, 0.15) is 12.5 Å². The van der Waals surface area contributed by atoms with Crippen molar-refractivity contribution in [1.29, 1.82) is 0 Å². The first-order valence-corrected chi connectivity index (χ1v) is 8.80. The van der Waals surface area contributed by atoms with Gasteiger partial charge in [-0.3, -0.25) is 15.5 Å².